The van der Waals surface area contributed by atoms with E-state index in [1.807, 2.05) is 6.92 Å². The van der Waals surface area contributed by atoms with Crippen molar-refractivity contribution in [2.24, 2.45) is 5.73 Å². The fraction of sp³-hybridized carbons (Fsp3) is 0.500. The molecule has 0 amide bonds. The molecule has 0 radical (unpaired) electrons. The van der Waals surface area contributed by atoms with Crippen molar-refractivity contribution in [3.05, 3.63) is 35.4 Å². The van der Waals surface area contributed by atoms with Crippen molar-refractivity contribution < 1.29 is 8.42 Å². The molecule has 0 bridgehead atoms. The third-order valence-electron chi connectivity index (χ3n) is 3.34. The van der Waals surface area contributed by atoms with E-state index in [2.05, 4.69) is 0 Å². The Kier molecular flexibility index (Phi) is 4.78. The van der Waals surface area contributed by atoms with Crippen LogP contribution in [0.5, 0.6) is 0 Å². The number of nitrogens with two attached hydrogens (primary N) is 1. The second kappa shape index (κ2) is 6.20. The minimum absolute atomic E-state index is 0.0428. The van der Waals surface area contributed by atoms with Gasteiger partial charge in [-0.15, -0.1) is 0 Å². The Bertz CT molecular complexity index is 578. The Labute approximate surface area is 126 Å². The lowest BCUT2D eigenvalue weighted by Gasteiger charge is -2.21. The van der Waals surface area contributed by atoms with Crippen LogP contribution in [0.2, 0.25) is 0 Å². The molecule has 0 atom stereocenters. The molecule has 1 saturated carbocycles. The van der Waals surface area contributed by atoms with Gasteiger partial charge in [-0.2, -0.15) is 4.31 Å². The molecular formula is C14H20N2O2S2. The fourth-order valence-electron chi connectivity index (χ4n) is 2.19. The lowest BCUT2D eigenvalue weighted by atomic mass is 10.1. The van der Waals surface area contributed by atoms with E-state index in [1.54, 1.807) is 28.6 Å². The van der Waals surface area contributed by atoms with E-state index in [0.29, 0.717) is 11.5 Å². The van der Waals surface area contributed by atoms with Crippen LogP contribution in [-0.4, -0.2) is 30.3 Å². The van der Waals surface area contributed by atoms with E-state index in [-0.39, 0.29) is 11.8 Å². The smallest absolute Gasteiger partial charge is 0.218 e. The zero-order chi connectivity index (χ0) is 14.8. The first kappa shape index (κ1) is 15.4. The van der Waals surface area contributed by atoms with E-state index >= 15 is 0 Å². The van der Waals surface area contributed by atoms with Crippen molar-refractivity contribution in [2.45, 2.75) is 38.0 Å². The Balaban J connectivity index is 2.12. The minimum Gasteiger partial charge on any atom is -0.389 e. The Morgan fingerprint density at radius 3 is 2.40 bits per heavy atom. The van der Waals surface area contributed by atoms with Gasteiger partial charge in [0.25, 0.3) is 0 Å². The average Bonchev–Trinajstić information content (AvgIpc) is 3.20. The molecule has 4 nitrogen and oxygen atoms in total. The van der Waals surface area contributed by atoms with Gasteiger partial charge in [-0.1, -0.05) is 43.4 Å². The third kappa shape index (κ3) is 3.77. The van der Waals surface area contributed by atoms with Crippen LogP contribution in [0.4, 0.5) is 0 Å². The molecule has 0 spiro atoms. The molecule has 0 saturated heterocycles. The molecule has 2 rings (SSSR count). The summed E-state index contributed by atoms with van der Waals surface area (Å²) < 4.78 is 26.6. The summed E-state index contributed by atoms with van der Waals surface area (Å²) in [5.41, 5.74) is 7.06. The number of rotatable bonds is 7. The number of thiocarbonyl (C=S) groups is 1. The Morgan fingerprint density at radius 2 is 1.95 bits per heavy atom. The van der Waals surface area contributed by atoms with Crippen LogP contribution in [0, 0.1) is 0 Å². The van der Waals surface area contributed by atoms with Crippen LogP contribution in [0.3, 0.4) is 0 Å². The first-order chi connectivity index (χ1) is 9.44. The maximum Gasteiger partial charge on any atom is 0.218 e. The first-order valence-corrected chi connectivity index (χ1v) is 8.84. The zero-order valence-corrected chi connectivity index (χ0v) is 13.2. The van der Waals surface area contributed by atoms with Crippen molar-refractivity contribution in [2.75, 3.05) is 6.54 Å². The van der Waals surface area contributed by atoms with Gasteiger partial charge in [0.1, 0.15) is 4.99 Å². The predicted octanol–water partition coefficient (Wildman–Crippen LogP) is 2.02. The third-order valence-corrected chi connectivity index (χ3v) is 5.47. The van der Waals surface area contributed by atoms with Gasteiger partial charge in [-0.25, -0.2) is 8.42 Å². The van der Waals surface area contributed by atoms with Gasteiger partial charge in [0, 0.05) is 18.2 Å². The molecule has 6 heteroatoms. The van der Waals surface area contributed by atoms with Crippen molar-refractivity contribution in [3.63, 3.8) is 0 Å². The molecule has 0 aromatic heterocycles. The summed E-state index contributed by atoms with van der Waals surface area (Å²) in [7, 11) is -3.24. The Morgan fingerprint density at radius 1 is 1.35 bits per heavy atom. The summed E-state index contributed by atoms with van der Waals surface area (Å²) in [6.07, 6.45) is 2.81. The highest BCUT2D eigenvalue weighted by Crippen LogP contribution is 2.30. The van der Waals surface area contributed by atoms with Crippen molar-refractivity contribution in [1.82, 2.24) is 4.31 Å². The molecule has 1 aliphatic rings. The molecule has 0 heterocycles. The lowest BCUT2D eigenvalue weighted by molar-refractivity contribution is 0.402. The Hall–Kier alpha value is -0.980. The topological polar surface area (TPSA) is 63.4 Å². The second-order valence-electron chi connectivity index (χ2n) is 5.16. The molecule has 1 aliphatic carbocycles. The van der Waals surface area contributed by atoms with E-state index < -0.39 is 10.0 Å². The monoisotopic (exact) mass is 312 g/mol. The highest BCUT2D eigenvalue weighted by Gasteiger charge is 2.36. The maximum absolute atomic E-state index is 12.5. The first-order valence-electron chi connectivity index (χ1n) is 6.82. The van der Waals surface area contributed by atoms with Crippen molar-refractivity contribution in [3.8, 4) is 0 Å². The van der Waals surface area contributed by atoms with Crippen LogP contribution in [0.25, 0.3) is 0 Å². The van der Waals surface area contributed by atoms with Gasteiger partial charge in [0.05, 0.1) is 5.75 Å². The van der Waals surface area contributed by atoms with Crippen LogP contribution < -0.4 is 5.73 Å². The van der Waals surface area contributed by atoms with Crippen LogP contribution in [0.15, 0.2) is 24.3 Å². The second-order valence-corrected chi connectivity index (χ2v) is 7.52. The van der Waals surface area contributed by atoms with E-state index in [0.717, 1.165) is 30.4 Å². The van der Waals surface area contributed by atoms with E-state index in [4.69, 9.17) is 18.0 Å². The summed E-state index contributed by atoms with van der Waals surface area (Å²) in [5.74, 6) is 0.0428. The van der Waals surface area contributed by atoms with Gasteiger partial charge >= 0.3 is 0 Å². The lowest BCUT2D eigenvalue weighted by Crippen LogP contribution is -2.34. The zero-order valence-electron chi connectivity index (χ0n) is 11.6. The number of sulfonamides is 1. The number of hydrogen-bond donors (Lipinski definition) is 1. The summed E-state index contributed by atoms with van der Waals surface area (Å²) in [5, 5.41) is 0. The molecule has 110 valence electrons. The SMILES string of the molecule is CCCN(C1CC1)S(=O)(=O)Cc1ccc(C(N)=S)cc1. The molecular weight excluding hydrogens is 292 g/mol. The molecule has 1 fully saturated rings. The molecule has 1 aromatic carbocycles. The van der Waals surface area contributed by atoms with Crippen molar-refractivity contribution >= 4 is 27.2 Å². The normalized spacial score (nSPS) is 15.5. The van der Waals surface area contributed by atoms with Gasteiger partial charge < -0.3 is 5.73 Å². The summed E-state index contributed by atoms with van der Waals surface area (Å²) in [4.78, 5) is 0.324. The van der Waals surface area contributed by atoms with E-state index in [1.165, 1.54) is 0 Å². The highest BCUT2D eigenvalue weighted by molar-refractivity contribution is 7.88. The number of benzene rings is 1. The largest absolute Gasteiger partial charge is 0.389 e. The summed E-state index contributed by atoms with van der Waals surface area (Å²) in [6, 6.07) is 7.32. The van der Waals surface area contributed by atoms with E-state index in [9.17, 15) is 8.42 Å². The van der Waals surface area contributed by atoms with Crippen molar-refractivity contribution in [1.29, 1.82) is 0 Å². The van der Waals surface area contributed by atoms with Crippen LogP contribution in [-0.2, 0) is 15.8 Å². The predicted molar refractivity (Wildman–Crippen MR) is 85.0 cm³/mol. The number of nitrogens with zero attached hydrogens (tertiary/aromatic N) is 1. The molecule has 0 unspecified atom stereocenters. The molecule has 2 N–H and O–H groups in total. The van der Waals surface area contributed by atoms with Crippen LogP contribution in [0.1, 0.15) is 37.3 Å². The standard InChI is InChI=1S/C14H20N2O2S2/c1-2-9-16(13-7-8-13)20(17,18)10-11-3-5-12(6-4-11)14(15)19/h3-6,13H,2,7-10H2,1H3,(H2,15,19). The number of hydrogen-bond acceptors (Lipinski definition) is 3. The van der Waals surface area contributed by atoms with Gasteiger partial charge in [-0.05, 0) is 24.8 Å². The molecule has 20 heavy (non-hydrogen) atoms. The summed E-state index contributed by atoms with van der Waals surface area (Å²) >= 11 is 4.88. The van der Waals surface area contributed by atoms with Crippen LogP contribution >= 0.6 is 12.2 Å². The minimum atomic E-state index is -3.24. The van der Waals surface area contributed by atoms with Gasteiger partial charge in [0.2, 0.25) is 10.0 Å². The molecule has 1 aromatic rings. The van der Waals surface area contributed by atoms with Gasteiger partial charge in [0.15, 0.2) is 0 Å². The maximum atomic E-state index is 12.5. The summed E-state index contributed by atoms with van der Waals surface area (Å²) in [6.45, 7) is 2.61. The van der Waals surface area contributed by atoms with Gasteiger partial charge in [-0.3, -0.25) is 0 Å². The fourth-order valence-corrected chi connectivity index (χ4v) is 4.23. The highest BCUT2D eigenvalue weighted by atomic mass is 32.2. The quantitative estimate of drug-likeness (QED) is 0.783. The molecule has 0 aliphatic heterocycles. The average molecular weight is 312 g/mol.